The Labute approximate surface area is 97.0 Å². The van der Waals surface area contributed by atoms with Crippen molar-refractivity contribution in [3.05, 3.63) is 18.3 Å². The van der Waals surface area contributed by atoms with Gasteiger partial charge in [-0.15, -0.1) is 0 Å². The van der Waals surface area contributed by atoms with Crippen LogP contribution < -0.4 is 10.1 Å². The number of hydrogen-bond acceptors (Lipinski definition) is 4. The highest BCUT2D eigenvalue weighted by atomic mass is 16.5. The minimum Gasteiger partial charge on any atom is -0.478 e. The Kier molecular flexibility index (Phi) is 6.33. The van der Waals surface area contributed by atoms with Crippen molar-refractivity contribution in [2.24, 2.45) is 0 Å². The Balaban J connectivity index is 2.21. The van der Waals surface area contributed by atoms with Crippen LogP contribution in [0.1, 0.15) is 20.3 Å². The van der Waals surface area contributed by atoms with Crippen molar-refractivity contribution in [2.75, 3.05) is 31.7 Å². The van der Waals surface area contributed by atoms with E-state index in [-0.39, 0.29) is 0 Å². The molecule has 1 aromatic rings. The molecule has 0 aliphatic heterocycles. The zero-order valence-electron chi connectivity index (χ0n) is 10.0. The largest absolute Gasteiger partial charge is 0.478 e. The van der Waals surface area contributed by atoms with E-state index in [1.165, 1.54) is 0 Å². The van der Waals surface area contributed by atoms with Crippen LogP contribution in [0.15, 0.2) is 18.3 Å². The second-order valence-corrected chi connectivity index (χ2v) is 3.30. The number of aromatic nitrogens is 1. The second kappa shape index (κ2) is 7.93. The van der Waals surface area contributed by atoms with E-state index in [1.807, 2.05) is 26.0 Å². The Morgan fingerprint density at radius 3 is 2.75 bits per heavy atom. The van der Waals surface area contributed by atoms with Crippen LogP contribution >= 0.6 is 0 Å². The van der Waals surface area contributed by atoms with Gasteiger partial charge >= 0.3 is 0 Å². The number of hydrogen-bond donors (Lipinski definition) is 1. The fourth-order valence-electron chi connectivity index (χ4n) is 1.27. The molecule has 1 aromatic heterocycles. The zero-order chi connectivity index (χ0) is 11.6. The topological polar surface area (TPSA) is 43.4 Å². The highest BCUT2D eigenvalue weighted by molar-refractivity contribution is 5.41. The van der Waals surface area contributed by atoms with Crippen LogP contribution in [0, 0.1) is 0 Å². The Hall–Kier alpha value is -1.29. The molecule has 0 spiro atoms. The summed E-state index contributed by atoms with van der Waals surface area (Å²) >= 11 is 0. The van der Waals surface area contributed by atoms with Crippen LogP contribution in [0.5, 0.6) is 5.88 Å². The number of pyridine rings is 1. The normalized spacial score (nSPS) is 10.1. The lowest BCUT2D eigenvalue weighted by molar-refractivity contribution is 0.147. The van der Waals surface area contributed by atoms with E-state index in [1.54, 1.807) is 6.20 Å². The molecule has 0 aliphatic carbocycles. The molecule has 1 N–H and O–H groups in total. The number of ether oxygens (including phenoxy) is 2. The molecule has 0 aromatic carbocycles. The first-order valence-electron chi connectivity index (χ1n) is 5.77. The van der Waals surface area contributed by atoms with Crippen LogP contribution in [0.4, 0.5) is 5.69 Å². The Bertz CT molecular complexity index is 275. The van der Waals surface area contributed by atoms with Crippen molar-refractivity contribution in [2.45, 2.75) is 20.3 Å². The first-order valence-corrected chi connectivity index (χ1v) is 5.77. The summed E-state index contributed by atoms with van der Waals surface area (Å²) in [5.74, 6) is 0.669. The molecule has 1 rings (SSSR count). The first kappa shape index (κ1) is 12.8. The smallest absolute Gasteiger partial charge is 0.213 e. The van der Waals surface area contributed by atoms with Gasteiger partial charge in [0, 0.05) is 25.8 Å². The lowest BCUT2D eigenvalue weighted by Gasteiger charge is -2.07. The van der Waals surface area contributed by atoms with E-state index < -0.39 is 0 Å². The highest BCUT2D eigenvalue weighted by Gasteiger charge is 1.95. The molecule has 0 saturated heterocycles. The van der Waals surface area contributed by atoms with Crippen molar-refractivity contribution in [3.63, 3.8) is 0 Å². The molecule has 1 heterocycles. The predicted octanol–water partition coefficient (Wildman–Crippen LogP) is 2.32. The van der Waals surface area contributed by atoms with E-state index in [2.05, 4.69) is 10.3 Å². The summed E-state index contributed by atoms with van der Waals surface area (Å²) in [6.07, 6.45) is 2.78. The summed E-state index contributed by atoms with van der Waals surface area (Å²) in [6.45, 7) is 7.08. The predicted molar refractivity (Wildman–Crippen MR) is 65.0 cm³/mol. The summed E-state index contributed by atoms with van der Waals surface area (Å²) in [5, 5.41) is 3.27. The molecule has 90 valence electrons. The van der Waals surface area contributed by atoms with Gasteiger partial charge in [0.05, 0.1) is 18.5 Å². The Morgan fingerprint density at radius 1 is 1.25 bits per heavy atom. The molecule has 4 heteroatoms. The minimum absolute atomic E-state index is 0.647. The molecule has 0 aliphatic rings. The minimum atomic E-state index is 0.647. The standard InChI is InChI=1S/C12H20N2O2/c1-3-15-9-5-8-13-11-6-7-12(14-10-11)16-4-2/h6-7,10,13H,3-5,8-9H2,1-2H3. The maximum Gasteiger partial charge on any atom is 0.213 e. The van der Waals surface area contributed by atoms with E-state index in [4.69, 9.17) is 9.47 Å². The van der Waals surface area contributed by atoms with Crippen molar-refractivity contribution in [1.82, 2.24) is 4.98 Å². The molecule has 0 unspecified atom stereocenters. The molecule has 0 bridgehead atoms. The van der Waals surface area contributed by atoms with E-state index in [0.717, 1.165) is 31.9 Å². The average Bonchev–Trinajstić information content (AvgIpc) is 2.31. The van der Waals surface area contributed by atoms with Gasteiger partial charge in [-0.1, -0.05) is 0 Å². The van der Waals surface area contributed by atoms with Crippen molar-refractivity contribution >= 4 is 5.69 Å². The number of nitrogens with one attached hydrogen (secondary N) is 1. The van der Waals surface area contributed by atoms with E-state index >= 15 is 0 Å². The molecule has 16 heavy (non-hydrogen) atoms. The zero-order valence-corrected chi connectivity index (χ0v) is 10.0. The molecule has 0 atom stereocenters. The van der Waals surface area contributed by atoms with Gasteiger partial charge in [0.25, 0.3) is 0 Å². The quantitative estimate of drug-likeness (QED) is 0.688. The van der Waals surface area contributed by atoms with Crippen LogP contribution in [0.25, 0.3) is 0 Å². The molecular weight excluding hydrogens is 204 g/mol. The number of nitrogens with zero attached hydrogens (tertiary/aromatic N) is 1. The monoisotopic (exact) mass is 224 g/mol. The van der Waals surface area contributed by atoms with Crippen LogP contribution in [-0.2, 0) is 4.74 Å². The summed E-state index contributed by atoms with van der Waals surface area (Å²) in [5.41, 5.74) is 1.01. The van der Waals surface area contributed by atoms with Gasteiger partial charge in [-0.05, 0) is 26.3 Å². The maximum absolute atomic E-state index is 5.26. The van der Waals surface area contributed by atoms with Crippen molar-refractivity contribution < 1.29 is 9.47 Å². The van der Waals surface area contributed by atoms with Crippen molar-refractivity contribution in [1.29, 1.82) is 0 Å². The highest BCUT2D eigenvalue weighted by Crippen LogP contribution is 2.11. The maximum atomic E-state index is 5.26. The van der Waals surface area contributed by atoms with E-state index in [9.17, 15) is 0 Å². The van der Waals surface area contributed by atoms with Gasteiger partial charge in [0.1, 0.15) is 0 Å². The van der Waals surface area contributed by atoms with Gasteiger partial charge in [0.15, 0.2) is 0 Å². The average molecular weight is 224 g/mol. The number of rotatable bonds is 8. The third-order valence-corrected chi connectivity index (χ3v) is 2.03. The van der Waals surface area contributed by atoms with Gasteiger partial charge in [-0.25, -0.2) is 4.98 Å². The molecule has 0 fully saturated rings. The SMILES string of the molecule is CCOCCCNc1ccc(OCC)nc1. The molecule has 4 nitrogen and oxygen atoms in total. The fraction of sp³-hybridized carbons (Fsp3) is 0.583. The van der Waals surface area contributed by atoms with Crippen LogP contribution in [-0.4, -0.2) is 31.3 Å². The lowest BCUT2D eigenvalue weighted by Crippen LogP contribution is -2.06. The lowest BCUT2D eigenvalue weighted by atomic mass is 10.4. The first-order chi connectivity index (χ1) is 7.86. The van der Waals surface area contributed by atoms with Gasteiger partial charge in [-0.3, -0.25) is 0 Å². The summed E-state index contributed by atoms with van der Waals surface area (Å²) < 4.78 is 10.5. The molecule has 0 saturated carbocycles. The second-order valence-electron chi connectivity index (χ2n) is 3.30. The van der Waals surface area contributed by atoms with Crippen LogP contribution in [0.2, 0.25) is 0 Å². The third kappa shape index (κ3) is 4.98. The summed E-state index contributed by atoms with van der Waals surface area (Å²) in [6, 6.07) is 3.84. The number of anilines is 1. The van der Waals surface area contributed by atoms with Gasteiger partial charge in [0.2, 0.25) is 5.88 Å². The summed E-state index contributed by atoms with van der Waals surface area (Å²) in [4.78, 5) is 4.17. The van der Waals surface area contributed by atoms with E-state index in [0.29, 0.717) is 12.5 Å². The molecule has 0 amide bonds. The van der Waals surface area contributed by atoms with Gasteiger partial charge < -0.3 is 14.8 Å². The fourth-order valence-corrected chi connectivity index (χ4v) is 1.27. The van der Waals surface area contributed by atoms with Crippen molar-refractivity contribution in [3.8, 4) is 5.88 Å². The van der Waals surface area contributed by atoms with Gasteiger partial charge in [-0.2, -0.15) is 0 Å². The van der Waals surface area contributed by atoms with Crippen LogP contribution in [0.3, 0.4) is 0 Å². The Morgan fingerprint density at radius 2 is 2.12 bits per heavy atom. The summed E-state index contributed by atoms with van der Waals surface area (Å²) in [7, 11) is 0. The molecule has 0 radical (unpaired) electrons. The molecular formula is C12H20N2O2. The third-order valence-electron chi connectivity index (χ3n) is 2.03.